The second-order valence-electron chi connectivity index (χ2n) is 4.11. The van der Waals surface area contributed by atoms with Gasteiger partial charge in [-0.25, -0.2) is 0 Å². The molecule has 1 N–H and O–H groups in total. The first-order chi connectivity index (χ1) is 9.11. The number of ether oxygens (including phenoxy) is 1. The van der Waals surface area contributed by atoms with Crippen LogP contribution in [0.15, 0.2) is 30.5 Å². The second-order valence-corrected chi connectivity index (χ2v) is 4.95. The summed E-state index contributed by atoms with van der Waals surface area (Å²) in [7, 11) is 3.72. The standard InChI is InChI=1S/C13H15Cl2N3O/c1-16-12(13-11(15)7-17-18(13)2)8-19-10-5-3-9(14)4-6-10/h3-7,12,16H,8H2,1-2H3. The summed E-state index contributed by atoms with van der Waals surface area (Å²) in [6.45, 7) is 0.456. The summed E-state index contributed by atoms with van der Waals surface area (Å²) in [5, 5.41) is 8.61. The molecular weight excluding hydrogens is 285 g/mol. The van der Waals surface area contributed by atoms with Gasteiger partial charge in [0, 0.05) is 12.1 Å². The molecule has 0 fully saturated rings. The van der Waals surface area contributed by atoms with Gasteiger partial charge in [-0.2, -0.15) is 5.10 Å². The van der Waals surface area contributed by atoms with E-state index >= 15 is 0 Å². The number of hydrogen-bond donors (Lipinski definition) is 1. The largest absolute Gasteiger partial charge is 0.492 e. The predicted octanol–water partition coefficient (Wildman–Crippen LogP) is 3.07. The molecule has 2 aromatic rings. The molecule has 0 aliphatic heterocycles. The molecule has 0 aliphatic carbocycles. The molecule has 1 aromatic carbocycles. The molecule has 102 valence electrons. The molecule has 0 bridgehead atoms. The number of nitrogens with one attached hydrogen (secondary N) is 1. The summed E-state index contributed by atoms with van der Waals surface area (Å²) < 4.78 is 7.47. The zero-order valence-electron chi connectivity index (χ0n) is 10.7. The Morgan fingerprint density at radius 3 is 2.53 bits per heavy atom. The molecule has 0 saturated carbocycles. The molecule has 0 amide bonds. The monoisotopic (exact) mass is 299 g/mol. The van der Waals surface area contributed by atoms with Crippen molar-refractivity contribution in [2.75, 3.05) is 13.7 Å². The van der Waals surface area contributed by atoms with E-state index in [4.69, 9.17) is 27.9 Å². The highest BCUT2D eigenvalue weighted by Gasteiger charge is 2.18. The van der Waals surface area contributed by atoms with Crippen LogP contribution in [0.5, 0.6) is 5.75 Å². The predicted molar refractivity (Wildman–Crippen MR) is 77.0 cm³/mol. The number of benzene rings is 1. The summed E-state index contributed by atoms with van der Waals surface area (Å²) >= 11 is 12.0. The van der Waals surface area contributed by atoms with Gasteiger partial charge in [0.1, 0.15) is 12.4 Å². The molecular formula is C13H15Cl2N3O. The average Bonchev–Trinajstić information content (AvgIpc) is 2.73. The van der Waals surface area contributed by atoms with Crippen molar-refractivity contribution < 1.29 is 4.74 Å². The van der Waals surface area contributed by atoms with Crippen LogP contribution in [0.4, 0.5) is 0 Å². The van der Waals surface area contributed by atoms with Crippen LogP contribution in [-0.2, 0) is 7.05 Å². The summed E-state index contributed by atoms with van der Waals surface area (Å²) in [5.74, 6) is 0.767. The van der Waals surface area contributed by atoms with Crippen molar-refractivity contribution in [2.24, 2.45) is 7.05 Å². The third-order valence-corrected chi connectivity index (χ3v) is 3.39. The Balaban J connectivity index is 2.06. The van der Waals surface area contributed by atoms with Gasteiger partial charge in [-0.3, -0.25) is 4.68 Å². The number of rotatable bonds is 5. The van der Waals surface area contributed by atoms with Gasteiger partial charge < -0.3 is 10.1 Å². The minimum atomic E-state index is -0.0318. The molecule has 1 aromatic heterocycles. The Bertz CT molecular complexity index is 520. The molecule has 0 radical (unpaired) electrons. The number of halogens is 2. The van der Waals surface area contributed by atoms with Crippen molar-refractivity contribution in [3.63, 3.8) is 0 Å². The maximum atomic E-state index is 6.12. The Hall–Kier alpha value is -1.23. The van der Waals surface area contributed by atoms with Crippen molar-refractivity contribution in [1.82, 2.24) is 15.1 Å². The second kappa shape index (κ2) is 6.28. The van der Waals surface area contributed by atoms with Gasteiger partial charge in [-0.15, -0.1) is 0 Å². The molecule has 1 atom stereocenters. The number of hydrogen-bond acceptors (Lipinski definition) is 3. The van der Waals surface area contributed by atoms with Crippen LogP contribution in [0.25, 0.3) is 0 Å². The van der Waals surface area contributed by atoms with E-state index in [0.29, 0.717) is 16.7 Å². The number of aryl methyl sites for hydroxylation is 1. The summed E-state index contributed by atoms with van der Waals surface area (Å²) in [4.78, 5) is 0. The fourth-order valence-corrected chi connectivity index (χ4v) is 2.25. The van der Waals surface area contributed by atoms with Crippen LogP contribution >= 0.6 is 23.2 Å². The summed E-state index contributed by atoms with van der Waals surface area (Å²) in [6.07, 6.45) is 1.63. The zero-order chi connectivity index (χ0) is 13.8. The number of likely N-dealkylation sites (N-methyl/N-ethyl adjacent to an activating group) is 1. The Kier molecular flexibility index (Phi) is 4.69. The lowest BCUT2D eigenvalue weighted by atomic mass is 10.2. The van der Waals surface area contributed by atoms with Gasteiger partial charge >= 0.3 is 0 Å². The molecule has 6 heteroatoms. The van der Waals surface area contributed by atoms with E-state index < -0.39 is 0 Å². The van der Waals surface area contributed by atoms with Crippen LogP contribution in [0, 0.1) is 0 Å². The third-order valence-electron chi connectivity index (χ3n) is 2.85. The number of aromatic nitrogens is 2. The Morgan fingerprint density at radius 1 is 1.32 bits per heavy atom. The molecule has 0 saturated heterocycles. The maximum absolute atomic E-state index is 6.12. The highest BCUT2D eigenvalue weighted by atomic mass is 35.5. The SMILES string of the molecule is CNC(COc1ccc(Cl)cc1)c1c(Cl)cnn1C. The molecule has 0 aliphatic rings. The lowest BCUT2D eigenvalue weighted by molar-refractivity contribution is 0.267. The minimum Gasteiger partial charge on any atom is -0.492 e. The fourth-order valence-electron chi connectivity index (χ4n) is 1.82. The summed E-state index contributed by atoms with van der Waals surface area (Å²) in [5.41, 5.74) is 0.901. The highest BCUT2D eigenvalue weighted by molar-refractivity contribution is 6.31. The first-order valence-electron chi connectivity index (χ1n) is 5.85. The van der Waals surface area contributed by atoms with E-state index in [2.05, 4.69) is 10.4 Å². The van der Waals surface area contributed by atoms with Crippen molar-refractivity contribution in [2.45, 2.75) is 6.04 Å². The van der Waals surface area contributed by atoms with Crippen LogP contribution in [0.1, 0.15) is 11.7 Å². The molecule has 4 nitrogen and oxygen atoms in total. The van der Waals surface area contributed by atoms with E-state index in [9.17, 15) is 0 Å². The van der Waals surface area contributed by atoms with Crippen LogP contribution in [0.2, 0.25) is 10.0 Å². The zero-order valence-corrected chi connectivity index (χ0v) is 12.2. The van der Waals surface area contributed by atoms with Gasteiger partial charge in [0.25, 0.3) is 0 Å². The van der Waals surface area contributed by atoms with E-state index in [1.54, 1.807) is 23.0 Å². The van der Waals surface area contributed by atoms with E-state index in [-0.39, 0.29) is 6.04 Å². The lowest BCUT2D eigenvalue weighted by Gasteiger charge is -2.18. The minimum absolute atomic E-state index is 0.0318. The maximum Gasteiger partial charge on any atom is 0.119 e. The topological polar surface area (TPSA) is 39.1 Å². The van der Waals surface area contributed by atoms with Crippen LogP contribution in [-0.4, -0.2) is 23.4 Å². The van der Waals surface area contributed by atoms with E-state index in [1.165, 1.54) is 0 Å². The first kappa shape index (κ1) is 14.2. The quantitative estimate of drug-likeness (QED) is 0.922. The van der Waals surface area contributed by atoms with Gasteiger partial charge in [-0.1, -0.05) is 23.2 Å². The molecule has 19 heavy (non-hydrogen) atoms. The number of nitrogens with zero attached hydrogens (tertiary/aromatic N) is 2. The van der Waals surface area contributed by atoms with Gasteiger partial charge in [0.15, 0.2) is 0 Å². The van der Waals surface area contributed by atoms with Crippen molar-refractivity contribution in [1.29, 1.82) is 0 Å². The van der Waals surface area contributed by atoms with Crippen LogP contribution < -0.4 is 10.1 Å². The smallest absolute Gasteiger partial charge is 0.119 e. The third kappa shape index (κ3) is 3.41. The van der Waals surface area contributed by atoms with E-state index in [1.807, 2.05) is 26.2 Å². The lowest BCUT2D eigenvalue weighted by Crippen LogP contribution is -2.25. The molecule has 0 spiro atoms. The summed E-state index contributed by atoms with van der Waals surface area (Å²) in [6, 6.07) is 7.22. The van der Waals surface area contributed by atoms with Crippen molar-refractivity contribution in [3.05, 3.63) is 46.2 Å². The normalized spacial score (nSPS) is 12.4. The average molecular weight is 300 g/mol. The van der Waals surface area contributed by atoms with Crippen molar-refractivity contribution in [3.8, 4) is 5.75 Å². The van der Waals surface area contributed by atoms with Crippen molar-refractivity contribution >= 4 is 23.2 Å². The first-order valence-corrected chi connectivity index (χ1v) is 6.60. The molecule has 1 unspecified atom stereocenters. The van der Waals surface area contributed by atoms with Gasteiger partial charge in [0.2, 0.25) is 0 Å². The van der Waals surface area contributed by atoms with Crippen LogP contribution in [0.3, 0.4) is 0 Å². The highest BCUT2D eigenvalue weighted by Crippen LogP contribution is 2.23. The Labute approximate surface area is 122 Å². The molecule has 2 rings (SSSR count). The fraction of sp³-hybridized carbons (Fsp3) is 0.308. The Morgan fingerprint density at radius 2 is 2.00 bits per heavy atom. The molecule has 1 heterocycles. The van der Waals surface area contributed by atoms with E-state index in [0.717, 1.165) is 11.4 Å². The van der Waals surface area contributed by atoms with Gasteiger partial charge in [0.05, 0.1) is 23.0 Å². The van der Waals surface area contributed by atoms with Gasteiger partial charge in [-0.05, 0) is 31.3 Å².